The average Bonchev–Trinajstić information content (AvgIpc) is 3.45. The molecule has 0 aliphatic heterocycles. The van der Waals surface area contributed by atoms with Crippen molar-refractivity contribution in [3.63, 3.8) is 0 Å². The van der Waals surface area contributed by atoms with Gasteiger partial charge in [0.05, 0.1) is 6.10 Å². The number of benzene rings is 2. The minimum Gasteiger partial charge on any atom is -0.490 e. The van der Waals surface area contributed by atoms with Crippen LogP contribution in [-0.4, -0.2) is 24.5 Å². The van der Waals surface area contributed by atoms with Crippen molar-refractivity contribution in [2.24, 2.45) is 5.92 Å². The third kappa shape index (κ3) is 5.73. The van der Waals surface area contributed by atoms with Gasteiger partial charge < -0.3 is 20.1 Å². The second-order valence-electron chi connectivity index (χ2n) is 7.68. The van der Waals surface area contributed by atoms with Gasteiger partial charge >= 0.3 is 0 Å². The van der Waals surface area contributed by atoms with Crippen LogP contribution in [0.1, 0.15) is 38.5 Å². The molecule has 0 atom stereocenters. The molecule has 2 fully saturated rings. The topological polar surface area (TPSA) is 76.7 Å². The fourth-order valence-electron chi connectivity index (χ4n) is 3.45. The molecular formula is C23H26N2O4. The lowest BCUT2D eigenvalue weighted by atomic mass is 10.2. The minimum absolute atomic E-state index is 0.0413. The highest BCUT2D eigenvalue weighted by molar-refractivity contribution is 5.94. The Morgan fingerprint density at radius 1 is 0.862 bits per heavy atom. The molecule has 0 spiro atoms. The molecule has 29 heavy (non-hydrogen) atoms. The first-order chi connectivity index (χ1) is 14.2. The van der Waals surface area contributed by atoms with E-state index in [4.69, 9.17) is 9.47 Å². The molecule has 2 aliphatic rings. The van der Waals surface area contributed by atoms with Crippen molar-refractivity contribution in [3.05, 3.63) is 48.5 Å². The molecule has 2 amide bonds. The van der Waals surface area contributed by atoms with Crippen LogP contribution in [0, 0.1) is 5.92 Å². The van der Waals surface area contributed by atoms with Crippen LogP contribution >= 0.6 is 0 Å². The maximum atomic E-state index is 12.3. The lowest BCUT2D eigenvalue weighted by Crippen LogP contribution is -2.20. The zero-order valence-corrected chi connectivity index (χ0v) is 16.4. The molecule has 2 aliphatic carbocycles. The standard InChI is InChI=1S/C23H26N2O4/c26-22(24-17-5-4-10-21(14-17)29-19-7-1-2-8-19)15-28-20-9-3-6-18(13-20)25-23(27)16-11-12-16/h3-6,9-10,13-14,16,19H,1-2,7-8,11-12,15H2,(H,24,26)(H,25,27). The molecule has 6 heteroatoms. The fourth-order valence-corrected chi connectivity index (χ4v) is 3.45. The number of carbonyl (C=O) groups is 2. The first-order valence-corrected chi connectivity index (χ1v) is 10.3. The molecule has 2 aromatic rings. The van der Waals surface area contributed by atoms with Gasteiger partial charge in [0, 0.05) is 29.4 Å². The Balaban J connectivity index is 1.27. The van der Waals surface area contributed by atoms with Gasteiger partial charge in [-0.2, -0.15) is 0 Å². The summed E-state index contributed by atoms with van der Waals surface area (Å²) in [7, 11) is 0. The van der Waals surface area contributed by atoms with Gasteiger partial charge in [-0.3, -0.25) is 9.59 Å². The molecule has 2 N–H and O–H groups in total. The fraction of sp³-hybridized carbons (Fsp3) is 0.391. The zero-order valence-electron chi connectivity index (χ0n) is 16.4. The van der Waals surface area contributed by atoms with Crippen molar-refractivity contribution in [3.8, 4) is 11.5 Å². The first kappa shape index (κ1) is 19.3. The van der Waals surface area contributed by atoms with Gasteiger partial charge in [0.1, 0.15) is 11.5 Å². The summed E-state index contributed by atoms with van der Waals surface area (Å²) in [6, 6.07) is 14.5. The first-order valence-electron chi connectivity index (χ1n) is 10.3. The van der Waals surface area contributed by atoms with Crippen LogP contribution in [0.2, 0.25) is 0 Å². The van der Waals surface area contributed by atoms with Crippen LogP contribution in [-0.2, 0) is 9.59 Å². The van der Waals surface area contributed by atoms with Crippen LogP contribution in [0.15, 0.2) is 48.5 Å². The van der Waals surface area contributed by atoms with E-state index in [-0.39, 0.29) is 30.4 Å². The molecule has 0 aromatic heterocycles. The van der Waals surface area contributed by atoms with E-state index < -0.39 is 0 Å². The monoisotopic (exact) mass is 394 g/mol. The Bertz CT molecular complexity index is 873. The normalized spacial score (nSPS) is 16.3. The van der Waals surface area contributed by atoms with Crippen molar-refractivity contribution in [2.75, 3.05) is 17.2 Å². The predicted molar refractivity (Wildman–Crippen MR) is 111 cm³/mol. The number of nitrogens with one attached hydrogen (secondary N) is 2. The second kappa shape index (κ2) is 8.99. The Hall–Kier alpha value is -3.02. The quantitative estimate of drug-likeness (QED) is 0.697. The smallest absolute Gasteiger partial charge is 0.262 e. The summed E-state index contributed by atoms with van der Waals surface area (Å²) in [5.74, 6) is 1.23. The number of anilines is 2. The van der Waals surface area contributed by atoms with E-state index in [1.807, 2.05) is 30.3 Å². The van der Waals surface area contributed by atoms with Crippen LogP contribution in [0.25, 0.3) is 0 Å². The lowest BCUT2D eigenvalue weighted by Gasteiger charge is -2.14. The van der Waals surface area contributed by atoms with Gasteiger partial charge in [0.25, 0.3) is 5.91 Å². The van der Waals surface area contributed by atoms with E-state index >= 15 is 0 Å². The molecule has 4 rings (SSSR count). The third-order valence-electron chi connectivity index (χ3n) is 5.14. The average molecular weight is 394 g/mol. The van der Waals surface area contributed by atoms with Crippen LogP contribution in [0.3, 0.4) is 0 Å². The highest BCUT2D eigenvalue weighted by atomic mass is 16.5. The Labute approximate surface area is 170 Å². The van der Waals surface area contributed by atoms with Gasteiger partial charge in [-0.25, -0.2) is 0 Å². The number of ether oxygens (including phenoxy) is 2. The van der Waals surface area contributed by atoms with E-state index in [1.165, 1.54) is 12.8 Å². The van der Waals surface area contributed by atoms with Crippen LogP contribution < -0.4 is 20.1 Å². The van der Waals surface area contributed by atoms with Crippen molar-refractivity contribution >= 4 is 23.2 Å². The predicted octanol–water partition coefficient (Wildman–Crippen LogP) is 4.37. The summed E-state index contributed by atoms with van der Waals surface area (Å²) in [4.78, 5) is 24.1. The summed E-state index contributed by atoms with van der Waals surface area (Å²) in [6.07, 6.45) is 6.78. The van der Waals surface area contributed by atoms with Crippen LogP contribution in [0.4, 0.5) is 11.4 Å². The molecule has 0 saturated heterocycles. The largest absolute Gasteiger partial charge is 0.490 e. The molecule has 2 saturated carbocycles. The molecule has 152 valence electrons. The summed E-state index contributed by atoms with van der Waals surface area (Å²) >= 11 is 0. The highest BCUT2D eigenvalue weighted by Crippen LogP contribution is 2.30. The van der Waals surface area contributed by atoms with Gasteiger partial charge in [0.2, 0.25) is 5.91 Å². The Kier molecular flexibility index (Phi) is 5.98. The van der Waals surface area contributed by atoms with Crippen molar-refractivity contribution < 1.29 is 19.1 Å². The van der Waals surface area contributed by atoms with Crippen molar-refractivity contribution in [1.82, 2.24) is 0 Å². The number of hydrogen-bond donors (Lipinski definition) is 2. The summed E-state index contributed by atoms with van der Waals surface area (Å²) in [5, 5.41) is 5.71. The number of amides is 2. The zero-order chi connectivity index (χ0) is 20.1. The summed E-state index contributed by atoms with van der Waals surface area (Å²) < 4.78 is 11.6. The van der Waals surface area contributed by atoms with E-state index in [1.54, 1.807) is 18.2 Å². The van der Waals surface area contributed by atoms with Crippen molar-refractivity contribution in [2.45, 2.75) is 44.6 Å². The highest BCUT2D eigenvalue weighted by Gasteiger charge is 2.29. The van der Waals surface area contributed by atoms with E-state index in [2.05, 4.69) is 10.6 Å². The summed E-state index contributed by atoms with van der Waals surface area (Å²) in [5.41, 5.74) is 1.36. The molecule has 0 bridgehead atoms. The maximum Gasteiger partial charge on any atom is 0.262 e. The minimum atomic E-state index is -0.254. The van der Waals surface area contributed by atoms with Crippen molar-refractivity contribution in [1.29, 1.82) is 0 Å². The number of carbonyl (C=O) groups excluding carboxylic acids is 2. The van der Waals surface area contributed by atoms with E-state index in [0.29, 0.717) is 17.1 Å². The molecular weight excluding hydrogens is 368 g/mol. The second-order valence-corrected chi connectivity index (χ2v) is 7.68. The van der Waals surface area contributed by atoms with Gasteiger partial charge in [-0.05, 0) is 62.8 Å². The summed E-state index contributed by atoms with van der Waals surface area (Å²) in [6.45, 7) is -0.117. The molecule has 2 aromatic carbocycles. The lowest BCUT2D eigenvalue weighted by molar-refractivity contribution is -0.118. The third-order valence-corrected chi connectivity index (χ3v) is 5.14. The van der Waals surface area contributed by atoms with Gasteiger partial charge in [-0.15, -0.1) is 0 Å². The van der Waals surface area contributed by atoms with Crippen LogP contribution in [0.5, 0.6) is 11.5 Å². The Morgan fingerprint density at radius 2 is 1.52 bits per heavy atom. The SMILES string of the molecule is O=C(COc1cccc(NC(=O)C2CC2)c1)Nc1cccc(OC2CCCC2)c1. The molecule has 0 heterocycles. The maximum absolute atomic E-state index is 12.3. The molecule has 0 unspecified atom stereocenters. The molecule has 6 nitrogen and oxygen atoms in total. The van der Waals surface area contributed by atoms with Gasteiger partial charge in [-0.1, -0.05) is 12.1 Å². The van der Waals surface area contributed by atoms with Gasteiger partial charge in [0.15, 0.2) is 6.61 Å². The molecule has 0 radical (unpaired) electrons. The number of rotatable bonds is 8. The Morgan fingerprint density at radius 3 is 2.24 bits per heavy atom. The number of hydrogen-bond acceptors (Lipinski definition) is 4. The van der Waals surface area contributed by atoms with E-state index in [9.17, 15) is 9.59 Å². The van der Waals surface area contributed by atoms with E-state index in [0.717, 1.165) is 31.4 Å².